The number of methoxy groups -OCH3 is 1. The highest BCUT2D eigenvalue weighted by Crippen LogP contribution is 2.30. The van der Waals surface area contributed by atoms with Gasteiger partial charge in [-0.15, -0.1) is 0 Å². The van der Waals surface area contributed by atoms with Gasteiger partial charge in [0.15, 0.2) is 5.76 Å². The minimum absolute atomic E-state index is 0.0247. The first-order chi connectivity index (χ1) is 17.7. The zero-order valence-corrected chi connectivity index (χ0v) is 20.7. The van der Waals surface area contributed by atoms with E-state index in [9.17, 15) is 14.0 Å². The lowest BCUT2D eigenvalue weighted by atomic mass is 9.99. The molecule has 0 saturated carbocycles. The van der Waals surface area contributed by atoms with E-state index in [2.05, 4.69) is 5.16 Å². The largest absolute Gasteiger partial charge is 0.497 e. The Morgan fingerprint density at radius 3 is 2.19 bits per heavy atom. The van der Waals surface area contributed by atoms with E-state index in [0.29, 0.717) is 22.8 Å². The summed E-state index contributed by atoms with van der Waals surface area (Å²) < 4.78 is 30.4. The SMILES string of the molecule is COc1ccc(C(C)OC(=O)Cc2c(C)noc2-c2ccc(-c3ccc(CC(=O)O)cc3)cc2)c(F)c1. The number of esters is 1. The maximum Gasteiger partial charge on any atom is 0.311 e. The smallest absolute Gasteiger partial charge is 0.311 e. The van der Waals surface area contributed by atoms with Gasteiger partial charge in [0, 0.05) is 22.8 Å². The molecule has 3 aromatic carbocycles. The molecule has 0 saturated heterocycles. The van der Waals surface area contributed by atoms with Crippen LogP contribution < -0.4 is 4.74 Å². The lowest BCUT2D eigenvalue weighted by Crippen LogP contribution is -2.13. The van der Waals surface area contributed by atoms with Crippen molar-refractivity contribution in [2.45, 2.75) is 32.8 Å². The first-order valence-electron chi connectivity index (χ1n) is 11.6. The van der Waals surface area contributed by atoms with Crippen molar-refractivity contribution in [1.82, 2.24) is 5.16 Å². The molecule has 0 radical (unpaired) electrons. The van der Waals surface area contributed by atoms with Crippen molar-refractivity contribution in [1.29, 1.82) is 0 Å². The van der Waals surface area contributed by atoms with Crippen LogP contribution in [0.2, 0.25) is 0 Å². The van der Waals surface area contributed by atoms with Crippen LogP contribution in [0.4, 0.5) is 4.39 Å². The van der Waals surface area contributed by atoms with Gasteiger partial charge in [-0.05, 0) is 42.7 Å². The van der Waals surface area contributed by atoms with Crippen molar-refractivity contribution >= 4 is 11.9 Å². The average Bonchev–Trinajstić information content (AvgIpc) is 3.23. The number of halogens is 1. The fourth-order valence-electron chi connectivity index (χ4n) is 4.04. The van der Waals surface area contributed by atoms with Crippen LogP contribution in [0.1, 0.15) is 35.4 Å². The Morgan fingerprint density at radius 2 is 1.59 bits per heavy atom. The summed E-state index contributed by atoms with van der Waals surface area (Å²) in [6.45, 7) is 3.35. The molecule has 0 bridgehead atoms. The number of hydrogen-bond donors (Lipinski definition) is 1. The molecule has 0 aliphatic carbocycles. The summed E-state index contributed by atoms with van der Waals surface area (Å²) in [6, 6.07) is 19.3. The van der Waals surface area contributed by atoms with Gasteiger partial charge in [-0.1, -0.05) is 53.7 Å². The molecular weight excluding hydrogens is 477 g/mol. The number of hydrogen-bond acceptors (Lipinski definition) is 6. The van der Waals surface area contributed by atoms with E-state index >= 15 is 0 Å². The van der Waals surface area contributed by atoms with Gasteiger partial charge in [-0.3, -0.25) is 9.59 Å². The molecule has 0 aliphatic rings. The second-order valence-electron chi connectivity index (χ2n) is 8.62. The number of aromatic nitrogens is 1. The van der Waals surface area contributed by atoms with Crippen LogP contribution in [0.5, 0.6) is 5.75 Å². The predicted molar refractivity (Wildman–Crippen MR) is 135 cm³/mol. The molecule has 1 unspecified atom stereocenters. The highest BCUT2D eigenvalue weighted by molar-refractivity contribution is 5.78. The number of carbonyl (C=O) groups is 2. The van der Waals surface area contributed by atoms with Crippen molar-refractivity contribution in [3.63, 3.8) is 0 Å². The number of rotatable bonds is 9. The van der Waals surface area contributed by atoms with E-state index < -0.39 is 23.9 Å². The summed E-state index contributed by atoms with van der Waals surface area (Å²) in [6.07, 6.45) is -0.897. The van der Waals surface area contributed by atoms with Crippen LogP contribution in [0.15, 0.2) is 71.3 Å². The molecule has 1 heterocycles. The van der Waals surface area contributed by atoms with E-state index in [1.807, 2.05) is 36.4 Å². The number of aliphatic carboxylic acids is 1. The number of carbonyl (C=O) groups excluding carboxylic acids is 1. The fraction of sp³-hybridized carbons (Fsp3) is 0.207. The normalized spacial score (nSPS) is 11.7. The van der Waals surface area contributed by atoms with Gasteiger partial charge >= 0.3 is 11.9 Å². The van der Waals surface area contributed by atoms with E-state index in [1.165, 1.54) is 19.2 Å². The molecule has 0 aliphatic heterocycles. The van der Waals surface area contributed by atoms with Crippen LogP contribution in [0.3, 0.4) is 0 Å². The van der Waals surface area contributed by atoms with E-state index in [1.54, 1.807) is 32.0 Å². The quantitative estimate of drug-likeness (QED) is 0.282. The molecule has 190 valence electrons. The van der Waals surface area contributed by atoms with Gasteiger partial charge in [0.05, 0.1) is 25.6 Å². The average molecular weight is 504 g/mol. The second-order valence-corrected chi connectivity index (χ2v) is 8.62. The third-order valence-electron chi connectivity index (χ3n) is 6.05. The summed E-state index contributed by atoms with van der Waals surface area (Å²) >= 11 is 0. The number of aryl methyl sites for hydroxylation is 1. The Bertz CT molecular complexity index is 1410. The van der Waals surface area contributed by atoms with Gasteiger partial charge < -0.3 is 19.1 Å². The van der Waals surface area contributed by atoms with Gasteiger partial charge in [-0.2, -0.15) is 0 Å². The monoisotopic (exact) mass is 503 g/mol. The highest BCUT2D eigenvalue weighted by Gasteiger charge is 2.22. The molecule has 1 N–H and O–H groups in total. The zero-order chi connectivity index (χ0) is 26.5. The summed E-state index contributed by atoms with van der Waals surface area (Å²) in [5.41, 5.74) is 4.76. The predicted octanol–water partition coefficient (Wildman–Crippen LogP) is 5.94. The fourth-order valence-corrected chi connectivity index (χ4v) is 4.04. The van der Waals surface area contributed by atoms with Gasteiger partial charge in [-0.25, -0.2) is 4.39 Å². The molecule has 0 amide bonds. The van der Waals surface area contributed by atoms with Crippen molar-refractivity contribution < 1.29 is 33.1 Å². The highest BCUT2D eigenvalue weighted by atomic mass is 19.1. The van der Waals surface area contributed by atoms with Gasteiger partial charge in [0.25, 0.3) is 0 Å². The first-order valence-corrected chi connectivity index (χ1v) is 11.6. The Kier molecular flexibility index (Phi) is 7.67. The molecule has 1 atom stereocenters. The van der Waals surface area contributed by atoms with Crippen molar-refractivity contribution in [3.8, 4) is 28.2 Å². The summed E-state index contributed by atoms with van der Waals surface area (Å²) in [5.74, 6) is -1.08. The molecule has 1 aromatic heterocycles. The lowest BCUT2D eigenvalue weighted by molar-refractivity contribution is -0.147. The standard InChI is InChI=1S/C29H26FNO6/c1-17-25(16-28(34)36-18(2)24-13-12-23(35-3)15-26(24)30)29(37-31-17)22-10-8-21(9-11-22)20-6-4-19(5-7-20)14-27(32)33/h4-13,15,18H,14,16H2,1-3H3,(H,32,33). The third kappa shape index (κ3) is 6.03. The van der Waals surface area contributed by atoms with Gasteiger partial charge in [0.1, 0.15) is 17.7 Å². The maximum atomic E-state index is 14.4. The number of ether oxygens (including phenoxy) is 2. The van der Waals surface area contributed by atoms with E-state index in [4.69, 9.17) is 19.1 Å². The Hall–Kier alpha value is -4.46. The van der Waals surface area contributed by atoms with Crippen LogP contribution >= 0.6 is 0 Å². The minimum Gasteiger partial charge on any atom is -0.497 e. The second kappa shape index (κ2) is 11.1. The zero-order valence-electron chi connectivity index (χ0n) is 20.7. The molecule has 0 fully saturated rings. The Morgan fingerprint density at radius 1 is 0.973 bits per heavy atom. The molecule has 4 aromatic rings. The van der Waals surface area contributed by atoms with Gasteiger partial charge in [0.2, 0.25) is 0 Å². The third-order valence-corrected chi connectivity index (χ3v) is 6.05. The van der Waals surface area contributed by atoms with E-state index in [-0.39, 0.29) is 18.4 Å². The topological polar surface area (TPSA) is 98.9 Å². The Balaban J connectivity index is 1.47. The van der Waals surface area contributed by atoms with E-state index in [0.717, 1.165) is 22.3 Å². The van der Waals surface area contributed by atoms with Crippen LogP contribution in [-0.4, -0.2) is 29.3 Å². The molecule has 37 heavy (non-hydrogen) atoms. The molecule has 0 spiro atoms. The number of carboxylic acids is 1. The molecule has 7 nitrogen and oxygen atoms in total. The number of carboxylic acid groups (broad SMARTS) is 1. The summed E-state index contributed by atoms with van der Waals surface area (Å²) in [4.78, 5) is 23.6. The van der Waals surface area contributed by atoms with Crippen molar-refractivity contribution in [2.24, 2.45) is 0 Å². The Labute approximate surface area is 213 Å². The molecule has 8 heteroatoms. The van der Waals surface area contributed by atoms with Crippen LogP contribution in [0.25, 0.3) is 22.5 Å². The number of nitrogens with zero attached hydrogens (tertiary/aromatic N) is 1. The van der Waals surface area contributed by atoms with Crippen molar-refractivity contribution in [3.05, 3.63) is 94.9 Å². The van der Waals surface area contributed by atoms with Crippen molar-refractivity contribution in [2.75, 3.05) is 7.11 Å². The lowest BCUT2D eigenvalue weighted by Gasteiger charge is -2.15. The summed E-state index contributed by atoms with van der Waals surface area (Å²) in [7, 11) is 1.45. The van der Waals surface area contributed by atoms with Crippen LogP contribution in [-0.2, 0) is 27.2 Å². The van der Waals surface area contributed by atoms with Crippen LogP contribution in [0, 0.1) is 12.7 Å². The maximum absolute atomic E-state index is 14.4. The first kappa shape index (κ1) is 25.6. The molecule has 4 rings (SSSR count). The molecular formula is C29H26FNO6. The summed E-state index contributed by atoms with van der Waals surface area (Å²) in [5, 5.41) is 13.0. The minimum atomic E-state index is -0.874. The number of benzene rings is 3.